The molecule has 1 heterocycles. The van der Waals surface area contributed by atoms with Crippen LogP contribution in [-0.2, 0) is 20.4 Å². The van der Waals surface area contributed by atoms with Gasteiger partial charge in [-0.1, -0.05) is 26.0 Å². The van der Waals surface area contributed by atoms with Crippen molar-refractivity contribution in [3.63, 3.8) is 0 Å². The zero-order valence-electron chi connectivity index (χ0n) is 20.9. The highest BCUT2D eigenvalue weighted by atomic mass is 35.5. The molecule has 3 aliphatic rings. The maximum atomic E-state index is 13.7. The highest BCUT2D eigenvalue weighted by Crippen LogP contribution is 2.64. The number of halogens is 1. The number of sulfonamides is 1. The van der Waals surface area contributed by atoms with Crippen molar-refractivity contribution in [3.8, 4) is 5.75 Å². The van der Waals surface area contributed by atoms with Crippen molar-refractivity contribution < 1.29 is 23.1 Å². The van der Waals surface area contributed by atoms with E-state index in [1.807, 2.05) is 43.3 Å². The summed E-state index contributed by atoms with van der Waals surface area (Å²) in [7, 11) is 1.78. The van der Waals surface area contributed by atoms with Crippen LogP contribution in [0.4, 0.5) is 0 Å². The number of aliphatic hydroxyl groups is 1. The Hall–Kier alpha value is -1.19. The van der Waals surface area contributed by atoms with E-state index in [0.29, 0.717) is 31.6 Å². The molecule has 34 heavy (non-hydrogen) atoms. The molecule has 4 atom stereocenters. The Morgan fingerprint density at radius 2 is 1.94 bits per heavy atom. The fraction of sp³-hybridized carbons (Fsp3) is 0.720. The summed E-state index contributed by atoms with van der Waals surface area (Å²) >= 11 is 0. The van der Waals surface area contributed by atoms with E-state index in [1.165, 1.54) is 4.31 Å². The Bertz CT molecular complexity index is 1030. The van der Waals surface area contributed by atoms with E-state index in [-0.39, 0.29) is 54.3 Å². The first-order valence-electron chi connectivity index (χ1n) is 11.9. The Morgan fingerprint density at radius 3 is 2.50 bits per heavy atom. The lowest BCUT2D eigenvalue weighted by molar-refractivity contribution is -0.128. The number of hydrogen-bond donors (Lipinski definition) is 1. The van der Waals surface area contributed by atoms with Gasteiger partial charge in [0.2, 0.25) is 10.0 Å². The number of Topliss-reactive ketones (excluding diaryl/α,β-unsaturated/α-hetero) is 1. The standard InChI is InChI=1S/C25H38N2O5S.ClH/c1-23(2)18-9-10-24(23,22(28)14-18)17-33(30,31)27-12-11-25(29,20(16-27)15-26(3)4)19-7-6-8-21(13-19)32-5;/h6-8,13,18,20,29H,9-12,14-17H2,1-5H3;1H/t18-,20?,24-,25?;/m0./s1. The fourth-order valence-corrected chi connectivity index (χ4v) is 8.93. The number of rotatable bonds is 7. The average molecular weight is 515 g/mol. The molecule has 0 spiro atoms. The second-order valence-corrected chi connectivity index (χ2v) is 13.1. The van der Waals surface area contributed by atoms with Crippen molar-refractivity contribution >= 4 is 28.2 Å². The topological polar surface area (TPSA) is 87.1 Å². The summed E-state index contributed by atoms with van der Waals surface area (Å²) in [5.41, 5.74) is -1.50. The third kappa shape index (κ3) is 4.30. The summed E-state index contributed by atoms with van der Waals surface area (Å²) in [6.07, 6.45) is 2.38. The molecular formula is C25H39ClN2O5S. The number of ether oxygens (including phenoxy) is 1. The summed E-state index contributed by atoms with van der Waals surface area (Å²) < 4.78 is 34.3. The average Bonchev–Trinajstić information content (AvgIpc) is 3.09. The molecule has 1 aromatic carbocycles. The quantitative estimate of drug-likeness (QED) is 0.602. The van der Waals surface area contributed by atoms with Gasteiger partial charge in [0.15, 0.2) is 0 Å². The first-order chi connectivity index (χ1) is 15.4. The van der Waals surface area contributed by atoms with Crippen LogP contribution < -0.4 is 4.74 Å². The van der Waals surface area contributed by atoms with E-state index < -0.39 is 21.0 Å². The molecule has 192 valence electrons. The van der Waals surface area contributed by atoms with Crippen molar-refractivity contribution in [2.24, 2.45) is 22.7 Å². The molecule has 0 amide bonds. The minimum Gasteiger partial charge on any atom is -0.497 e. The van der Waals surface area contributed by atoms with Crippen molar-refractivity contribution in [2.45, 2.75) is 45.1 Å². The number of piperidine rings is 1. The number of ketones is 1. The SMILES string of the molecule is COc1cccc(C2(O)CCN(S(=O)(=O)C[C@@]34CC[C@@H](CC3=O)C4(C)C)CC2CN(C)C)c1.Cl. The highest BCUT2D eigenvalue weighted by molar-refractivity contribution is 7.89. The molecule has 3 fully saturated rings. The van der Waals surface area contributed by atoms with Gasteiger partial charge < -0.3 is 14.7 Å². The van der Waals surface area contributed by atoms with Crippen molar-refractivity contribution in [1.29, 1.82) is 0 Å². The largest absolute Gasteiger partial charge is 0.497 e. The van der Waals surface area contributed by atoms with E-state index in [9.17, 15) is 18.3 Å². The number of benzene rings is 1. The summed E-state index contributed by atoms with van der Waals surface area (Å²) in [6, 6.07) is 7.41. The van der Waals surface area contributed by atoms with E-state index in [2.05, 4.69) is 13.8 Å². The van der Waals surface area contributed by atoms with Gasteiger partial charge in [0.1, 0.15) is 11.5 Å². The van der Waals surface area contributed by atoms with E-state index in [0.717, 1.165) is 12.0 Å². The molecule has 2 saturated carbocycles. The molecule has 9 heteroatoms. The molecule has 7 nitrogen and oxygen atoms in total. The van der Waals surface area contributed by atoms with Crippen LogP contribution in [0.3, 0.4) is 0 Å². The minimum absolute atomic E-state index is 0. The molecule has 2 aliphatic carbocycles. The van der Waals surface area contributed by atoms with Gasteiger partial charge in [0.25, 0.3) is 0 Å². The molecule has 4 rings (SSSR count). The zero-order chi connectivity index (χ0) is 24.2. The Labute approximate surface area is 210 Å². The van der Waals surface area contributed by atoms with Gasteiger partial charge in [-0.05, 0) is 62.4 Å². The molecule has 1 aromatic rings. The fourth-order valence-electron chi connectivity index (χ4n) is 6.67. The number of hydrogen-bond acceptors (Lipinski definition) is 6. The van der Waals surface area contributed by atoms with Crippen LogP contribution in [0.25, 0.3) is 0 Å². The van der Waals surface area contributed by atoms with Gasteiger partial charge in [0.05, 0.1) is 18.5 Å². The van der Waals surface area contributed by atoms with E-state index >= 15 is 0 Å². The van der Waals surface area contributed by atoms with Gasteiger partial charge in [-0.15, -0.1) is 12.4 Å². The van der Waals surface area contributed by atoms with Crippen LogP contribution >= 0.6 is 12.4 Å². The lowest BCUT2D eigenvalue weighted by Crippen LogP contribution is -2.56. The molecule has 2 unspecified atom stereocenters. The first kappa shape index (κ1) is 27.4. The number of carbonyl (C=O) groups is 1. The summed E-state index contributed by atoms with van der Waals surface area (Å²) in [5.74, 6) is 0.623. The number of carbonyl (C=O) groups excluding carboxylic acids is 1. The highest BCUT2D eigenvalue weighted by Gasteiger charge is 2.65. The van der Waals surface area contributed by atoms with Crippen LogP contribution in [0.5, 0.6) is 5.75 Å². The summed E-state index contributed by atoms with van der Waals surface area (Å²) in [6.45, 7) is 5.13. The van der Waals surface area contributed by atoms with Crippen LogP contribution in [0.1, 0.15) is 45.1 Å². The summed E-state index contributed by atoms with van der Waals surface area (Å²) in [5, 5.41) is 11.8. The molecular weight excluding hydrogens is 476 g/mol. The number of nitrogens with zero attached hydrogens (tertiary/aromatic N) is 2. The van der Waals surface area contributed by atoms with E-state index in [1.54, 1.807) is 7.11 Å². The molecule has 1 saturated heterocycles. The van der Waals surface area contributed by atoms with Crippen LogP contribution in [0.2, 0.25) is 0 Å². The van der Waals surface area contributed by atoms with Crippen molar-refractivity contribution in [1.82, 2.24) is 9.21 Å². The van der Waals surface area contributed by atoms with Gasteiger partial charge in [-0.25, -0.2) is 12.7 Å². The van der Waals surface area contributed by atoms with Gasteiger partial charge >= 0.3 is 0 Å². The van der Waals surface area contributed by atoms with Gasteiger partial charge in [-0.2, -0.15) is 0 Å². The van der Waals surface area contributed by atoms with E-state index in [4.69, 9.17) is 4.74 Å². The predicted molar refractivity (Wildman–Crippen MR) is 135 cm³/mol. The second-order valence-electron chi connectivity index (χ2n) is 11.1. The Balaban J connectivity index is 0.00000324. The van der Waals surface area contributed by atoms with Crippen LogP contribution in [0.15, 0.2) is 24.3 Å². The second kappa shape index (κ2) is 9.36. The zero-order valence-corrected chi connectivity index (χ0v) is 22.5. The first-order valence-corrected chi connectivity index (χ1v) is 13.5. The normalized spacial score (nSPS) is 33.2. The summed E-state index contributed by atoms with van der Waals surface area (Å²) in [4.78, 5) is 14.9. The molecule has 1 N–H and O–H groups in total. The number of fused-ring (bicyclic) bond motifs is 2. The van der Waals surface area contributed by atoms with Gasteiger partial charge in [0, 0.05) is 37.4 Å². The van der Waals surface area contributed by atoms with Crippen molar-refractivity contribution in [3.05, 3.63) is 29.8 Å². The Morgan fingerprint density at radius 1 is 1.24 bits per heavy atom. The third-order valence-corrected chi connectivity index (χ3v) is 10.9. The number of methoxy groups -OCH3 is 1. The van der Waals surface area contributed by atoms with Crippen LogP contribution in [-0.4, -0.2) is 75.1 Å². The lowest BCUT2D eigenvalue weighted by atomic mass is 9.70. The maximum Gasteiger partial charge on any atom is 0.215 e. The molecule has 0 radical (unpaired) electrons. The lowest BCUT2D eigenvalue weighted by Gasteiger charge is -2.46. The van der Waals surface area contributed by atoms with Gasteiger partial charge in [-0.3, -0.25) is 4.79 Å². The maximum absolute atomic E-state index is 13.7. The smallest absolute Gasteiger partial charge is 0.215 e. The predicted octanol–water partition coefficient (Wildman–Crippen LogP) is 2.91. The van der Waals surface area contributed by atoms with Crippen LogP contribution in [0, 0.1) is 22.7 Å². The molecule has 1 aliphatic heterocycles. The molecule has 0 aromatic heterocycles. The van der Waals surface area contributed by atoms with Crippen molar-refractivity contribution in [2.75, 3.05) is 46.6 Å². The molecule has 2 bridgehead atoms. The monoisotopic (exact) mass is 514 g/mol. The Kier molecular flexibility index (Phi) is 7.54. The third-order valence-electron chi connectivity index (χ3n) is 8.96. The minimum atomic E-state index is -3.67.